The first-order chi connectivity index (χ1) is 6.22. The second-order valence-corrected chi connectivity index (χ2v) is 3.64. The van der Waals surface area contributed by atoms with Crippen molar-refractivity contribution in [1.82, 2.24) is 20.2 Å². The summed E-state index contributed by atoms with van der Waals surface area (Å²) in [7, 11) is 1.68. The molecule has 0 saturated heterocycles. The third-order valence-electron chi connectivity index (χ3n) is 1.49. The summed E-state index contributed by atoms with van der Waals surface area (Å²) in [5.74, 6) is 1.54. The number of ketones is 1. The number of carbonyl (C=O) groups is 1. The summed E-state index contributed by atoms with van der Waals surface area (Å²) < 4.78 is 0. The van der Waals surface area contributed by atoms with Gasteiger partial charge in [-0.15, -0.1) is 10.2 Å². The molecular formula is C7H12N4OS. The van der Waals surface area contributed by atoms with Crippen LogP contribution in [-0.4, -0.2) is 38.0 Å². The van der Waals surface area contributed by atoms with Gasteiger partial charge in [0, 0.05) is 6.42 Å². The van der Waals surface area contributed by atoms with Gasteiger partial charge in [-0.05, 0) is 17.2 Å². The Bertz CT molecular complexity index is 286. The van der Waals surface area contributed by atoms with Gasteiger partial charge < -0.3 is 0 Å². The molecule has 0 saturated carbocycles. The van der Waals surface area contributed by atoms with Crippen molar-refractivity contribution in [2.45, 2.75) is 12.8 Å². The van der Waals surface area contributed by atoms with Gasteiger partial charge in [-0.3, -0.25) is 4.79 Å². The molecule has 1 aromatic heterocycles. The smallest absolute Gasteiger partial charge is 0.182 e. The predicted molar refractivity (Wildman–Crippen MR) is 50.5 cm³/mol. The molecule has 0 aliphatic rings. The van der Waals surface area contributed by atoms with Crippen molar-refractivity contribution in [2.75, 3.05) is 12.0 Å². The van der Waals surface area contributed by atoms with E-state index in [-0.39, 0.29) is 5.78 Å². The fourth-order valence-electron chi connectivity index (χ4n) is 0.875. The van der Waals surface area contributed by atoms with E-state index in [4.69, 9.17) is 0 Å². The number of carbonyl (C=O) groups excluding carboxylic acids is 1. The number of nitrogens with zero attached hydrogens (tertiary/aromatic N) is 4. The van der Waals surface area contributed by atoms with E-state index < -0.39 is 0 Å². The van der Waals surface area contributed by atoms with Crippen LogP contribution >= 0.6 is 11.8 Å². The van der Waals surface area contributed by atoms with Gasteiger partial charge in [0.2, 0.25) is 0 Å². The summed E-state index contributed by atoms with van der Waals surface area (Å²) in [6.07, 6.45) is 2.86. The van der Waals surface area contributed by atoms with E-state index in [1.807, 2.05) is 6.26 Å². The summed E-state index contributed by atoms with van der Waals surface area (Å²) in [5.41, 5.74) is 0. The van der Waals surface area contributed by atoms with Crippen molar-refractivity contribution in [3.05, 3.63) is 5.82 Å². The number of rotatable bonds is 5. The number of aryl methyl sites for hydroxylation is 1. The van der Waals surface area contributed by atoms with E-state index >= 15 is 0 Å². The number of aromatic nitrogens is 4. The number of tetrazole rings is 1. The predicted octanol–water partition coefficient (Wildman–Crippen LogP) is 0.0748. The lowest BCUT2D eigenvalue weighted by atomic mass is 10.2. The standard InChI is InChI=1S/C7H12N4OS/c1-11-9-7(8-10-11)5-6(12)3-4-13-2/h3-5H2,1-2H3. The molecular weight excluding hydrogens is 188 g/mol. The molecule has 1 heterocycles. The third kappa shape index (κ3) is 3.54. The summed E-state index contributed by atoms with van der Waals surface area (Å²) >= 11 is 1.66. The molecule has 0 fully saturated rings. The molecule has 0 radical (unpaired) electrons. The molecule has 0 atom stereocenters. The molecule has 1 rings (SSSR count). The van der Waals surface area contributed by atoms with Crippen LogP contribution in [0.4, 0.5) is 0 Å². The van der Waals surface area contributed by atoms with Crippen molar-refractivity contribution >= 4 is 17.5 Å². The Morgan fingerprint density at radius 3 is 2.92 bits per heavy atom. The van der Waals surface area contributed by atoms with E-state index in [1.54, 1.807) is 18.8 Å². The molecule has 6 heteroatoms. The fourth-order valence-corrected chi connectivity index (χ4v) is 1.31. The molecule has 0 N–H and O–H groups in total. The van der Waals surface area contributed by atoms with Gasteiger partial charge in [0.15, 0.2) is 5.82 Å². The molecule has 1 aromatic rings. The molecule has 0 bridgehead atoms. The molecule has 0 unspecified atom stereocenters. The second kappa shape index (κ2) is 4.96. The fraction of sp³-hybridized carbons (Fsp3) is 0.714. The topological polar surface area (TPSA) is 60.7 Å². The maximum absolute atomic E-state index is 11.3. The lowest BCUT2D eigenvalue weighted by molar-refractivity contribution is -0.118. The zero-order chi connectivity index (χ0) is 9.68. The van der Waals surface area contributed by atoms with Crippen molar-refractivity contribution < 1.29 is 4.79 Å². The highest BCUT2D eigenvalue weighted by Crippen LogP contribution is 1.99. The van der Waals surface area contributed by atoms with Gasteiger partial charge >= 0.3 is 0 Å². The highest BCUT2D eigenvalue weighted by Gasteiger charge is 2.07. The first kappa shape index (κ1) is 10.2. The van der Waals surface area contributed by atoms with Crippen LogP contribution in [0.25, 0.3) is 0 Å². The van der Waals surface area contributed by atoms with Crippen molar-refractivity contribution in [3.63, 3.8) is 0 Å². The largest absolute Gasteiger partial charge is 0.299 e. The molecule has 13 heavy (non-hydrogen) atoms. The third-order valence-corrected chi connectivity index (χ3v) is 2.10. The maximum Gasteiger partial charge on any atom is 0.182 e. The van der Waals surface area contributed by atoms with Crippen molar-refractivity contribution in [2.24, 2.45) is 7.05 Å². The minimum absolute atomic E-state index is 0.169. The summed E-state index contributed by atoms with van der Waals surface area (Å²) in [4.78, 5) is 12.6. The highest BCUT2D eigenvalue weighted by atomic mass is 32.2. The Balaban J connectivity index is 2.36. The maximum atomic E-state index is 11.3. The molecule has 0 aromatic carbocycles. The van der Waals surface area contributed by atoms with Gasteiger partial charge in [0.05, 0.1) is 13.5 Å². The molecule has 5 nitrogen and oxygen atoms in total. The van der Waals surface area contributed by atoms with Gasteiger partial charge in [0.25, 0.3) is 0 Å². The summed E-state index contributed by atoms with van der Waals surface area (Å²) in [6, 6.07) is 0. The summed E-state index contributed by atoms with van der Waals surface area (Å²) in [5, 5.41) is 11.3. The van der Waals surface area contributed by atoms with Crippen LogP contribution in [0.1, 0.15) is 12.2 Å². The van der Waals surface area contributed by atoms with Crippen LogP contribution in [0, 0.1) is 0 Å². The minimum atomic E-state index is 0.169. The lowest BCUT2D eigenvalue weighted by Gasteiger charge is -1.94. The van der Waals surface area contributed by atoms with Crippen LogP contribution in [-0.2, 0) is 18.3 Å². The Morgan fingerprint density at radius 1 is 1.62 bits per heavy atom. The SMILES string of the molecule is CSCCC(=O)Cc1nnn(C)n1. The molecule has 0 spiro atoms. The first-order valence-electron chi connectivity index (χ1n) is 3.96. The minimum Gasteiger partial charge on any atom is -0.299 e. The monoisotopic (exact) mass is 200 g/mol. The Hall–Kier alpha value is -0.910. The van der Waals surface area contributed by atoms with Gasteiger partial charge in [-0.2, -0.15) is 16.6 Å². The first-order valence-corrected chi connectivity index (χ1v) is 5.35. The number of thioether (sulfide) groups is 1. The number of hydrogen-bond acceptors (Lipinski definition) is 5. The Kier molecular flexibility index (Phi) is 3.88. The van der Waals surface area contributed by atoms with E-state index in [0.29, 0.717) is 18.7 Å². The van der Waals surface area contributed by atoms with Crippen LogP contribution < -0.4 is 0 Å². The van der Waals surface area contributed by atoms with E-state index in [9.17, 15) is 4.79 Å². The number of Topliss-reactive ketones (excluding diaryl/α,β-unsaturated/α-hetero) is 1. The zero-order valence-corrected chi connectivity index (χ0v) is 8.54. The highest BCUT2D eigenvalue weighted by molar-refractivity contribution is 7.98. The average molecular weight is 200 g/mol. The quantitative estimate of drug-likeness (QED) is 0.673. The lowest BCUT2D eigenvalue weighted by Crippen LogP contribution is -2.05. The van der Waals surface area contributed by atoms with Crippen molar-refractivity contribution in [1.29, 1.82) is 0 Å². The van der Waals surface area contributed by atoms with Crippen LogP contribution in [0.3, 0.4) is 0 Å². The normalized spacial score (nSPS) is 10.3. The summed E-state index contributed by atoms with van der Waals surface area (Å²) in [6.45, 7) is 0. The van der Waals surface area contributed by atoms with E-state index in [2.05, 4.69) is 15.4 Å². The average Bonchev–Trinajstić information content (AvgIpc) is 2.48. The molecule has 0 amide bonds. The van der Waals surface area contributed by atoms with E-state index in [0.717, 1.165) is 5.75 Å². The van der Waals surface area contributed by atoms with Gasteiger partial charge in [-0.1, -0.05) is 0 Å². The zero-order valence-electron chi connectivity index (χ0n) is 7.73. The Morgan fingerprint density at radius 2 is 2.38 bits per heavy atom. The Labute approximate surface area is 80.9 Å². The second-order valence-electron chi connectivity index (χ2n) is 2.65. The van der Waals surface area contributed by atoms with Crippen LogP contribution in [0.2, 0.25) is 0 Å². The molecule has 0 aliphatic heterocycles. The van der Waals surface area contributed by atoms with Gasteiger partial charge in [-0.25, -0.2) is 0 Å². The van der Waals surface area contributed by atoms with Gasteiger partial charge in [0.1, 0.15) is 5.78 Å². The van der Waals surface area contributed by atoms with Crippen LogP contribution in [0.15, 0.2) is 0 Å². The van der Waals surface area contributed by atoms with E-state index in [1.165, 1.54) is 4.80 Å². The number of hydrogen-bond donors (Lipinski definition) is 0. The van der Waals surface area contributed by atoms with Crippen molar-refractivity contribution in [3.8, 4) is 0 Å². The van der Waals surface area contributed by atoms with Crippen LogP contribution in [0.5, 0.6) is 0 Å². The molecule has 72 valence electrons. The molecule has 0 aliphatic carbocycles.